The molecule has 2 heterocycles. The van der Waals surface area contributed by atoms with E-state index in [1.165, 1.54) is 21.5 Å². The normalized spacial score (nSPS) is 11.6. The topological polar surface area (TPSA) is 51.8 Å². The van der Waals surface area contributed by atoms with Gasteiger partial charge in [-0.1, -0.05) is 109 Å². The molecule has 4 nitrogen and oxygen atoms in total. The number of fused-ring (bicyclic) bond motifs is 6. The van der Waals surface area contributed by atoms with Gasteiger partial charge in [0, 0.05) is 27.5 Å². The van der Waals surface area contributed by atoms with E-state index in [0.29, 0.717) is 17.5 Å². The van der Waals surface area contributed by atoms with E-state index in [0.717, 1.165) is 38.6 Å². The van der Waals surface area contributed by atoms with Gasteiger partial charge < -0.3 is 4.42 Å². The van der Waals surface area contributed by atoms with Gasteiger partial charge in [0.2, 0.25) is 0 Å². The molecule has 8 aromatic rings. The SMILES string of the molecule is c1ccc(-c2nc(-c3ccc4ccc5ccccc5c4c3)nc(-c3cccc4oc5ccccc5c34)n2)cc1. The maximum absolute atomic E-state index is 6.16. The fourth-order valence-electron chi connectivity index (χ4n) is 5.44. The summed E-state index contributed by atoms with van der Waals surface area (Å²) in [6, 6.07) is 43.5. The van der Waals surface area contributed by atoms with Crippen molar-refractivity contribution >= 4 is 43.5 Å². The van der Waals surface area contributed by atoms with E-state index in [-0.39, 0.29) is 0 Å². The van der Waals surface area contributed by atoms with Crippen molar-refractivity contribution < 1.29 is 4.42 Å². The lowest BCUT2D eigenvalue weighted by Crippen LogP contribution is -2.00. The quantitative estimate of drug-likeness (QED) is 0.228. The molecule has 0 saturated carbocycles. The molecule has 0 amide bonds. The van der Waals surface area contributed by atoms with Crippen LogP contribution in [-0.2, 0) is 0 Å². The number of nitrogens with zero attached hydrogens (tertiary/aromatic N) is 3. The monoisotopic (exact) mass is 499 g/mol. The molecule has 0 atom stereocenters. The molecule has 6 aromatic carbocycles. The first-order valence-corrected chi connectivity index (χ1v) is 13.0. The van der Waals surface area contributed by atoms with E-state index in [4.69, 9.17) is 19.4 Å². The van der Waals surface area contributed by atoms with Gasteiger partial charge in [-0.3, -0.25) is 0 Å². The zero-order chi connectivity index (χ0) is 25.8. The van der Waals surface area contributed by atoms with Gasteiger partial charge in [-0.15, -0.1) is 0 Å². The Morgan fingerprint density at radius 1 is 0.410 bits per heavy atom. The highest BCUT2D eigenvalue weighted by Gasteiger charge is 2.17. The molecular formula is C35H21N3O. The van der Waals surface area contributed by atoms with Crippen molar-refractivity contribution in [3.63, 3.8) is 0 Å². The van der Waals surface area contributed by atoms with Gasteiger partial charge in [0.15, 0.2) is 17.5 Å². The zero-order valence-corrected chi connectivity index (χ0v) is 20.9. The predicted octanol–water partition coefficient (Wildman–Crippen LogP) is 9.08. The van der Waals surface area contributed by atoms with Gasteiger partial charge in [0.05, 0.1) is 0 Å². The van der Waals surface area contributed by atoms with E-state index in [2.05, 4.69) is 66.7 Å². The number of furan rings is 1. The summed E-state index contributed by atoms with van der Waals surface area (Å²) in [7, 11) is 0. The van der Waals surface area contributed by atoms with E-state index < -0.39 is 0 Å². The van der Waals surface area contributed by atoms with Crippen LogP contribution >= 0.6 is 0 Å². The summed E-state index contributed by atoms with van der Waals surface area (Å²) < 4.78 is 6.16. The van der Waals surface area contributed by atoms with Gasteiger partial charge >= 0.3 is 0 Å². The van der Waals surface area contributed by atoms with Crippen LogP contribution in [0.4, 0.5) is 0 Å². The van der Waals surface area contributed by atoms with Crippen molar-refractivity contribution in [2.24, 2.45) is 0 Å². The fraction of sp³-hybridized carbons (Fsp3) is 0. The highest BCUT2D eigenvalue weighted by atomic mass is 16.3. The Kier molecular flexibility index (Phi) is 4.79. The van der Waals surface area contributed by atoms with Crippen LogP contribution < -0.4 is 0 Å². The minimum atomic E-state index is 0.619. The highest BCUT2D eigenvalue weighted by Crippen LogP contribution is 2.37. The van der Waals surface area contributed by atoms with Crippen LogP contribution in [0.1, 0.15) is 0 Å². The van der Waals surface area contributed by atoms with Gasteiger partial charge in [-0.05, 0) is 39.7 Å². The van der Waals surface area contributed by atoms with Crippen LogP contribution in [0.3, 0.4) is 0 Å². The van der Waals surface area contributed by atoms with Crippen LogP contribution in [0, 0.1) is 0 Å². The van der Waals surface area contributed by atoms with Gasteiger partial charge in [-0.25, -0.2) is 15.0 Å². The largest absolute Gasteiger partial charge is 0.456 e. The highest BCUT2D eigenvalue weighted by molar-refractivity contribution is 6.12. The first-order chi connectivity index (χ1) is 19.3. The van der Waals surface area contributed by atoms with Crippen molar-refractivity contribution in [3.8, 4) is 34.2 Å². The molecule has 2 aromatic heterocycles. The first kappa shape index (κ1) is 21.7. The molecule has 0 aliphatic carbocycles. The lowest BCUT2D eigenvalue weighted by atomic mass is 9.99. The molecule has 0 fully saturated rings. The Morgan fingerprint density at radius 3 is 1.92 bits per heavy atom. The van der Waals surface area contributed by atoms with Crippen molar-refractivity contribution in [3.05, 3.63) is 127 Å². The molecule has 182 valence electrons. The number of para-hydroxylation sites is 1. The Morgan fingerprint density at radius 2 is 1.05 bits per heavy atom. The van der Waals surface area contributed by atoms with E-state index >= 15 is 0 Å². The van der Waals surface area contributed by atoms with Crippen LogP contribution in [0.15, 0.2) is 132 Å². The van der Waals surface area contributed by atoms with Crippen LogP contribution in [0.2, 0.25) is 0 Å². The van der Waals surface area contributed by atoms with Gasteiger partial charge in [0.1, 0.15) is 11.2 Å². The Bertz CT molecular complexity index is 2180. The Balaban J connectivity index is 1.41. The molecule has 0 aliphatic rings. The first-order valence-electron chi connectivity index (χ1n) is 13.0. The third kappa shape index (κ3) is 3.57. The second-order valence-electron chi connectivity index (χ2n) is 9.67. The molecule has 4 heteroatoms. The summed E-state index contributed by atoms with van der Waals surface area (Å²) in [5.41, 5.74) is 4.47. The lowest BCUT2D eigenvalue weighted by molar-refractivity contribution is 0.669. The smallest absolute Gasteiger partial charge is 0.164 e. The van der Waals surface area contributed by atoms with Crippen molar-refractivity contribution in [1.29, 1.82) is 0 Å². The molecule has 0 N–H and O–H groups in total. The standard InChI is InChI=1S/C35H21N3O/c1-2-10-24(11-3-1)33-36-34(25-20-19-23-18-17-22-9-4-5-12-26(22)29(23)21-25)38-35(37-33)28-14-8-16-31-32(28)27-13-6-7-15-30(27)39-31/h1-21H. The van der Waals surface area contributed by atoms with E-state index in [1.54, 1.807) is 0 Å². The van der Waals surface area contributed by atoms with Crippen LogP contribution in [-0.4, -0.2) is 15.0 Å². The summed E-state index contributed by atoms with van der Waals surface area (Å²) in [4.78, 5) is 15.0. The number of benzene rings is 6. The average molecular weight is 500 g/mol. The molecule has 0 saturated heterocycles. The van der Waals surface area contributed by atoms with Crippen molar-refractivity contribution in [2.45, 2.75) is 0 Å². The van der Waals surface area contributed by atoms with Gasteiger partial charge in [0.25, 0.3) is 0 Å². The number of rotatable bonds is 3. The van der Waals surface area contributed by atoms with Crippen LogP contribution in [0.5, 0.6) is 0 Å². The second-order valence-corrected chi connectivity index (χ2v) is 9.67. The molecule has 0 unspecified atom stereocenters. The third-order valence-electron chi connectivity index (χ3n) is 7.32. The molecule has 0 radical (unpaired) electrons. The van der Waals surface area contributed by atoms with Crippen molar-refractivity contribution in [1.82, 2.24) is 15.0 Å². The second kappa shape index (κ2) is 8.61. The molecule has 0 bridgehead atoms. The van der Waals surface area contributed by atoms with E-state index in [9.17, 15) is 0 Å². The summed E-state index contributed by atoms with van der Waals surface area (Å²) in [5.74, 6) is 1.89. The zero-order valence-electron chi connectivity index (χ0n) is 20.9. The van der Waals surface area contributed by atoms with E-state index in [1.807, 2.05) is 60.7 Å². The minimum Gasteiger partial charge on any atom is -0.456 e. The third-order valence-corrected chi connectivity index (χ3v) is 7.32. The number of aromatic nitrogens is 3. The van der Waals surface area contributed by atoms with Crippen molar-refractivity contribution in [2.75, 3.05) is 0 Å². The maximum Gasteiger partial charge on any atom is 0.164 e. The Labute approximate surface area is 224 Å². The lowest BCUT2D eigenvalue weighted by Gasteiger charge is -2.10. The molecule has 8 rings (SSSR count). The minimum absolute atomic E-state index is 0.619. The average Bonchev–Trinajstić information content (AvgIpc) is 3.40. The summed E-state index contributed by atoms with van der Waals surface area (Å²) in [6.45, 7) is 0. The number of hydrogen-bond acceptors (Lipinski definition) is 4. The summed E-state index contributed by atoms with van der Waals surface area (Å²) in [5, 5.41) is 6.84. The summed E-state index contributed by atoms with van der Waals surface area (Å²) in [6.07, 6.45) is 0. The molecule has 0 spiro atoms. The maximum atomic E-state index is 6.16. The fourth-order valence-corrected chi connectivity index (χ4v) is 5.44. The van der Waals surface area contributed by atoms with Gasteiger partial charge in [-0.2, -0.15) is 0 Å². The molecular weight excluding hydrogens is 478 g/mol. The predicted molar refractivity (Wildman–Crippen MR) is 158 cm³/mol. The van der Waals surface area contributed by atoms with Crippen LogP contribution in [0.25, 0.3) is 77.6 Å². The molecule has 0 aliphatic heterocycles. The summed E-state index contributed by atoms with van der Waals surface area (Å²) >= 11 is 0. The Hall–Kier alpha value is -5.35. The molecule has 39 heavy (non-hydrogen) atoms. The number of hydrogen-bond donors (Lipinski definition) is 0.